The van der Waals surface area contributed by atoms with Gasteiger partial charge in [0.25, 0.3) is 0 Å². The molecule has 1 N–H and O–H groups in total. The molecule has 6 aromatic carbocycles. The summed E-state index contributed by atoms with van der Waals surface area (Å²) in [5.74, 6) is 7.60. The average Bonchev–Trinajstić information content (AvgIpc) is 3.29. The topological polar surface area (TPSA) is 104 Å². The fraction of sp³-hybridized carbons (Fsp3) is 0.184. The van der Waals surface area contributed by atoms with Crippen LogP contribution in [0.25, 0.3) is 0 Å². The van der Waals surface area contributed by atoms with Crippen molar-refractivity contribution in [3.8, 4) is 57.5 Å². The Hall–Kier alpha value is -7.40. The predicted molar refractivity (Wildman–Crippen MR) is 228 cm³/mol. The molecule has 0 spiro atoms. The van der Waals surface area contributed by atoms with Crippen LogP contribution < -0.4 is 52.7 Å². The molecule has 0 atom stereocenters. The second kappa shape index (κ2) is 20.3. The molecule has 7 rings (SSSR count). The fourth-order valence-corrected chi connectivity index (χ4v) is 6.01. The van der Waals surface area contributed by atoms with E-state index in [1.165, 1.54) is 0 Å². The van der Waals surface area contributed by atoms with Crippen LogP contribution in [0.4, 0.5) is 0 Å². The van der Waals surface area contributed by atoms with Gasteiger partial charge in [0.2, 0.25) is 0 Å². The monoisotopic (exact) mass is 809 g/mol. The van der Waals surface area contributed by atoms with E-state index in [2.05, 4.69) is 5.32 Å². The van der Waals surface area contributed by atoms with E-state index in [1.54, 1.807) is 34.6 Å². The van der Waals surface area contributed by atoms with Gasteiger partial charge in [0.15, 0.2) is 0 Å². The highest BCUT2D eigenvalue weighted by Crippen LogP contribution is 2.33. The van der Waals surface area contributed by atoms with Gasteiger partial charge in [0.05, 0.1) is 35.0 Å². The minimum atomic E-state index is 0.335. The molecule has 1 heterocycles. The molecule has 308 valence electrons. The van der Waals surface area contributed by atoms with Crippen molar-refractivity contribution in [3.63, 3.8) is 0 Å². The lowest BCUT2D eigenvalue weighted by Crippen LogP contribution is -2.20. The molecule has 0 saturated carbocycles. The van der Waals surface area contributed by atoms with Crippen LogP contribution in [0.2, 0.25) is 0 Å². The van der Waals surface area contributed by atoms with Gasteiger partial charge in [-0.15, -0.1) is 0 Å². The van der Waals surface area contributed by atoms with Gasteiger partial charge in [-0.2, -0.15) is 0 Å². The highest BCUT2D eigenvalue weighted by Gasteiger charge is 2.14. The predicted octanol–water partition coefficient (Wildman–Crippen LogP) is 9.82. The van der Waals surface area contributed by atoms with Crippen LogP contribution >= 0.6 is 0 Å². The van der Waals surface area contributed by atoms with E-state index in [9.17, 15) is 0 Å². The van der Waals surface area contributed by atoms with Gasteiger partial charge in [-0.05, 0) is 70.8 Å². The molecule has 11 nitrogen and oxygen atoms in total. The number of benzene rings is 6. The van der Waals surface area contributed by atoms with E-state index in [4.69, 9.17) is 47.4 Å². The van der Waals surface area contributed by atoms with Crippen molar-refractivity contribution in [2.45, 2.75) is 26.4 Å². The van der Waals surface area contributed by atoms with Gasteiger partial charge in [-0.25, -0.2) is 0 Å². The Bertz CT molecular complexity index is 2220. The first-order valence-electron chi connectivity index (χ1n) is 19.3. The summed E-state index contributed by atoms with van der Waals surface area (Å²) in [5, 5.41) is 3.26. The quantitative estimate of drug-likeness (QED) is 0.0797. The maximum absolute atomic E-state index is 6.44. The van der Waals surface area contributed by atoms with Crippen molar-refractivity contribution in [1.29, 1.82) is 0 Å². The third-order valence-electron chi connectivity index (χ3n) is 9.27. The van der Waals surface area contributed by atoms with E-state index in [1.807, 2.05) is 140 Å². The Morgan fingerprint density at radius 3 is 0.983 bits per heavy atom. The van der Waals surface area contributed by atoms with Crippen molar-refractivity contribution in [3.05, 3.63) is 180 Å². The van der Waals surface area contributed by atoms with Crippen molar-refractivity contribution < 1.29 is 47.4 Å². The van der Waals surface area contributed by atoms with Crippen LogP contribution in [-0.2, 0) is 26.4 Å². The summed E-state index contributed by atoms with van der Waals surface area (Å²) >= 11 is 0. The number of methoxy groups -OCH3 is 4. The minimum Gasteiger partial charge on any atom is -0.497 e. The molecule has 1 aliphatic heterocycles. The van der Waals surface area contributed by atoms with Crippen LogP contribution in [0.3, 0.4) is 0 Å². The van der Waals surface area contributed by atoms with E-state index in [0.717, 1.165) is 45.3 Å². The maximum atomic E-state index is 6.44. The summed E-state index contributed by atoms with van der Waals surface area (Å²) < 4.78 is 59.0. The molecule has 0 radical (unpaired) electrons. The number of nitrogens with one attached hydrogen (secondary N) is 1. The molecule has 0 unspecified atom stereocenters. The highest BCUT2D eigenvalue weighted by atomic mass is 16.5. The molecule has 0 aromatic heterocycles. The molecule has 6 aromatic rings. The summed E-state index contributed by atoms with van der Waals surface area (Å²) in [6.07, 6.45) is 3.62. The molecule has 0 bridgehead atoms. The molecular formula is C49H47NO10. The molecule has 60 heavy (non-hydrogen) atoms. The summed E-state index contributed by atoms with van der Waals surface area (Å²) in [4.78, 5) is 0. The van der Waals surface area contributed by atoms with Crippen LogP contribution in [0.5, 0.6) is 57.5 Å². The highest BCUT2D eigenvalue weighted by molar-refractivity contribution is 5.46. The zero-order chi connectivity index (χ0) is 41.5. The lowest BCUT2D eigenvalue weighted by Gasteiger charge is -2.19. The van der Waals surface area contributed by atoms with E-state index < -0.39 is 0 Å². The lowest BCUT2D eigenvalue weighted by molar-refractivity contribution is 0.285. The van der Waals surface area contributed by atoms with E-state index >= 15 is 0 Å². The van der Waals surface area contributed by atoms with Crippen LogP contribution in [-0.4, -0.2) is 35.0 Å². The third kappa shape index (κ3) is 11.8. The van der Waals surface area contributed by atoms with Gasteiger partial charge in [0.1, 0.15) is 95.4 Å². The van der Waals surface area contributed by atoms with Gasteiger partial charge in [0, 0.05) is 48.7 Å². The smallest absolute Gasteiger partial charge is 0.146 e. The largest absolute Gasteiger partial charge is 0.497 e. The van der Waals surface area contributed by atoms with Crippen molar-refractivity contribution in [2.24, 2.45) is 0 Å². The average molecular weight is 810 g/mol. The van der Waals surface area contributed by atoms with E-state index in [0.29, 0.717) is 79.0 Å². The first-order valence-corrected chi connectivity index (χ1v) is 19.3. The van der Waals surface area contributed by atoms with Gasteiger partial charge >= 0.3 is 0 Å². The number of rotatable bonds is 20. The molecular weight excluding hydrogens is 763 g/mol. The zero-order valence-electron chi connectivity index (χ0n) is 34.0. The van der Waals surface area contributed by atoms with Gasteiger partial charge in [-0.1, -0.05) is 48.5 Å². The normalized spacial score (nSPS) is 11.9. The zero-order valence-corrected chi connectivity index (χ0v) is 34.0. The van der Waals surface area contributed by atoms with Crippen LogP contribution in [0, 0.1) is 0 Å². The van der Waals surface area contributed by atoms with Crippen LogP contribution in [0.1, 0.15) is 22.3 Å². The molecule has 0 fully saturated rings. The van der Waals surface area contributed by atoms with Crippen LogP contribution in [0.15, 0.2) is 157 Å². The minimum absolute atomic E-state index is 0.335. The van der Waals surface area contributed by atoms with Crippen molar-refractivity contribution in [1.82, 2.24) is 5.32 Å². The number of hydrogen-bond donors (Lipinski definition) is 1. The van der Waals surface area contributed by atoms with Gasteiger partial charge < -0.3 is 52.7 Å². The summed E-state index contributed by atoms with van der Waals surface area (Å²) in [6.45, 7) is 1.77. The lowest BCUT2D eigenvalue weighted by atomic mass is 10.2. The third-order valence-corrected chi connectivity index (χ3v) is 9.27. The molecule has 0 amide bonds. The summed E-state index contributed by atoms with van der Waals surface area (Å²) in [5.41, 5.74) is 3.93. The number of ether oxygens (including phenoxy) is 10. The summed E-state index contributed by atoms with van der Waals surface area (Å²) in [6, 6.07) is 41.9. The first-order chi connectivity index (χ1) is 29.4. The second-order valence-corrected chi connectivity index (χ2v) is 13.6. The molecule has 0 aliphatic carbocycles. The summed E-state index contributed by atoms with van der Waals surface area (Å²) in [7, 11) is 6.57. The van der Waals surface area contributed by atoms with E-state index in [-0.39, 0.29) is 0 Å². The van der Waals surface area contributed by atoms with Gasteiger partial charge in [-0.3, -0.25) is 0 Å². The number of hydrogen-bond acceptors (Lipinski definition) is 11. The Balaban J connectivity index is 1.07. The Labute approximate surface area is 350 Å². The standard InChI is InChI=1S/C49H47NO10/c1-51-38-13-5-34(6-14-38)30-55-42-21-43(56-31-35-7-15-39(52-2)16-8-35)24-46(23-42)59-48-27-49(29-50-28-48)60-47-25-44(57-32-36-9-17-40(53-3)18-10-36)22-45(26-47)58-33-37-11-19-41(54-4)20-12-37/h5-28,50H,29-33H2,1-4H3. The van der Waals surface area contributed by atoms with Crippen molar-refractivity contribution >= 4 is 0 Å². The number of dihydropyridines is 1. The molecule has 0 saturated heterocycles. The molecule has 1 aliphatic rings. The fourth-order valence-electron chi connectivity index (χ4n) is 6.01. The van der Waals surface area contributed by atoms with Crippen molar-refractivity contribution in [2.75, 3.05) is 35.0 Å². The SMILES string of the molecule is COc1ccc(COc2cc(OCc3ccc(OC)cc3)cc(OC3=CNCC(Oc4cc(OCc5ccc(OC)cc5)cc(OCc5ccc(OC)cc5)c4)=C3)c2)cc1. The second-order valence-electron chi connectivity index (χ2n) is 13.6. The Kier molecular flexibility index (Phi) is 13.8. The first kappa shape index (κ1) is 40.8. The number of allylic oxidation sites excluding steroid dienone is 1. The Morgan fingerprint density at radius 1 is 0.367 bits per heavy atom. The Morgan fingerprint density at radius 2 is 0.667 bits per heavy atom. The molecule has 11 heteroatoms. The maximum Gasteiger partial charge on any atom is 0.146 e.